The van der Waals surface area contributed by atoms with Crippen LogP contribution in [0, 0.1) is 5.92 Å². The summed E-state index contributed by atoms with van der Waals surface area (Å²) < 4.78 is 5.93. The molecule has 1 atom stereocenters. The highest BCUT2D eigenvalue weighted by atomic mass is 16.5. The van der Waals surface area contributed by atoms with Crippen LogP contribution in [0.25, 0.3) is 0 Å². The van der Waals surface area contributed by atoms with Gasteiger partial charge in [0.05, 0.1) is 0 Å². The molecule has 1 aliphatic heterocycles. The van der Waals surface area contributed by atoms with Crippen molar-refractivity contribution in [3.05, 3.63) is 30.3 Å². The number of ether oxygens (including phenoxy) is 1. The molecule has 1 heterocycles. The monoisotopic (exact) mass is 276 g/mol. The molecule has 1 amide bonds. The molecule has 0 spiro atoms. The van der Waals surface area contributed by atoms with Gasteiger partial charge in [-0.15, -0.1) is 0 Å². The number of nitrogens with zero attached hydrogens (tertiary/aromatic N) is 1. The molecule has 110 valence electrons. The Bertz CT molecular complexity index is 414. The highest BCUT2D eigenvalue weighted by molar-refractivity contribution is 5.76. The van der Waals surface area contributed by atoms with Gasteiger partial charge >= 0.3 is 0 Å². The molecule has 1 aliphatic rings. The summed E-state index contributed by atoms with van der Waals surface area (Å²) in [6.45, 7) is 4.16. The second-order valence-corrected chi connectivity index (χ2v) is 5.56. The van der Waals surface area contributed by atoms with Crippen LogP contribution in [0.3, 0.4) is 0 Å². The third kappa shape index (κ3) is 4.23. The van der Waals surface area contributed by atoms with Gasteiger partial charge in [-0.2, -0.15) is 0 Å². The summed E-state index contributed by atoms with van der Waals surface area (Å²) in [5.41, 5.74) is 5.57. The van der Waals surface area contributed by atoms with Gasteiger partial charge in [-0.1, -0.05) is 25.1 Å². The van der Waals surface area contributed by atoms with Crippen molar-refractivity contribution in [3.63, 3.8) is 0 Å². The predicted octanol–water partition coefficient (Wildman–Crippen LogP) is 2.04. The molecule has 0 radical (unpaired) electrons. The maximum absolute atomic E-state index is 12.1. The summed E-state index contributed by atoms with van der Waals surface area (Å²) >= 11 is 0. The van der Waals surface area contributed by atoms with Gasteiger partial charge in [-0.25, -0.2) is 0 Å². The Kier molecular flexibility index (Phi) is 5.41. The van der Waals surface area contributed by atoms with E-state index in [0.29, 0.717) is 13.0 Å². The third-order valence-corrected chi connectivity index (χ3v) is 3.77. The zero-order chi connectivity index (χ0) is 14.4. The second-order valence-electron chi connectivity index (χ2n) is 5.56. The molecular weight excluding hydrogens is 252 g/mol. The van der Waals surface area contributed by atoms with Crippen LogP contribution in [0.5, 0.6) is 5.75 Å². The smallest absolute Gasteiger partial charge is 0.222 e. The topological polar surface area (TPSA) is 55.6 Å². The fraction of sp³-hybridized carbons (Fsp3) is 0.562. The normalized spacial score (nSPS) is 17.8. The van der Waals surface area contributed by atoms with Crippen molar-refractivity contribution >= 4 is 5.91 Å². The van der Waals surface area contributed by atoms with Gasteiger partial charge in [0.15, 0.2) is 0 Å². The molecule has 1 saturated heterocycles. The molecule has 0 saturated carbocycles. The molecule has 0 aliphatic carbocycles. The zero-order valence-electron chi connectivity index (χ0n) is 12.1. The average molecular weight is 276 g/mol. The first kappa shape index (κ1) is 14.9. The molecule has 1 fully saturated rings. The quantitative estimate of drug-likeness (QED) is 0.895. The predicted molar refractivity (Wildman–Crippen MR) is 79.5 cm³/mol. The molecule has 1 aromatic rings. The SMILES string of the molecule is CC(CN)CC(=O)N1CCC(Oc2ccccc2)CC1. The molecule has 1 aromatic carbocycles. The van der Waals surface area contributed by atoms with Crippen molar-refractivity contribution in [1.29, 1.82) is 0 Å². The number of carbonyl (C=O) groups excluding carboxylic acids is 1. The summed E-state index contributed by atoms with van der Waals surface area (Å²) in [6, 6.07) is 9.87. The fourth-order valence-corrected chi connectivity index (χ4v) is 2.43. The molecule has 2 rings (SSSR count). The minimum atomic E-state index is 0.216. The number of hydrogen-bond acceptors (Lipinski definition) is 3. The number of nitrogens with two attached hydrogens (primary N) is 1. The summed E-state index contributed by atoms with van der Waals surface area (Å²) in [5.74, 6) is 1.40. The van der Waals surface area contributed by atoms with Crippen molar-refractivity contribution < 1.29 is 9.53 Å². The minimum Gasteiger partial charge on any atom is -0.490 e. The summed E-state index contributed by atoms with van der Waals surface area (Å²) in [4.78, 5) is 14.0. The number of hydrogen-bond donors (Lipinski definition) is 1. The number of likely N-dealkylation sites (tertiary alicyclic amines) is 1. The molecule has 0 aromatic heterocycles. The van der Waals surface area contributed by atoms with Gasteiger partial charge < -0.3 is 15.4 Å². The Balaban J connectivity index is 1.76. The van der Waals surface area contributed by atoms with E-state index in [0.717, 1.165) is 31.7 Å². The lowest BCUT2D eigenvalue weighted by Gasteiger charge is -2.32. The van der Waals surface area contributed by atoms with Crippen molar-refractivity contribution in [3.8, 4) is 5.75 Å². The standard InChI is InChI=1S/C16H24N2O2/c1-13(12-17)11-16(19)18-9-7-15(8-10-18)20-14-5-3-2-4-6-14/h2-6,13,15H,7-12,17H2,1H3. The number of benzene rings is 1. The molecule has 2 N–H and O–H groups in total. The number of amides is 1. The van der Waals surface area contributed by atoms with E-state index in [9.17, 15) is 4.79 Å². The lowest BCUT2D eigenvalue weighted by molar-refractivity contribution is -0.133. The maximum atomic E-state index is 12.1. The minimum absolute atomic E-state index is 0.216. The van der Waals surface area contributed by atoms with E-state index in [1.165, 1.54) is 0 Å². The van der Waals surface area contributed by atoms with Gasteiger partial charge in [0, 0.05) is 32.4 Å². The molecule has 1 unspecified atom stereocenters. The third-order valence-electron chi connectivity index (χ3n) is 3.77. The number of rotatable bonds is 5. The molecule has 4 nitrogen and oxygen atoms in total. The second kappa shape index (κ2) is 7.29. The number of piperidine rings is 1. The Labute approximate surface area is 120 Å². The summed E-state index contributed by atoms with van der Waals surface area (Å²) in [7, 11) is 0. The summed E-state index contributed by atoms with van der Waals surface area (Å²) in [6.07, 6.45) is 2.57. The van der Waals surface area contributed by atoms with E-state index in [-0.39, 0.29) is 17.9 Å². The van der Waals surface area contributed by atoms with Crippen LogP contribution in [0.1, 0.15) is 26.2 Å². The maximum Gasteiger partial charge on any atom is 0.222 e. The fourth-order valence-electron chi connectivity index (χ4n) is 2.43. The highest BCUT2D eigenvalue weighted by Gasteiger charge is 2.24. The first-order valence-corrected chi connectivity index (χ1v) is 7.38. The first-order valence-electron chi connectivity index (χ1n) is 7.38. The van der Waals surface area contributed by atoms with E-state index >= 15 is 0 Å². The highest BCUT2D eigenvalue weighted by Crippen LogP contribution is 2.19. The Morgan fingerprint density at radius 1 is 1.35 bits per heavy atom. The van der Waals surface area contributed by atoms with Gasteiger partial charge in [0.1, 0.15) is 11.9 Å². The van der Waals surface area contributed by atoms with Gasteiger partial charge in [-0.05, 0) is 24.6 Å². The number of para-hydroxylation sites is 1. The lowest BCUT2D eigenvalue weighted by Crippen LogP contribution is -2.42. The largest absolute Gasteiger partial charge is 0.490 e. The van der Waals surface area contributed by atoms with Crippen LogP contribution in [0.4, 0.5) is 0 Å². The Morgan fingerprint density at radius 3 is 2.60 bits per heavy atom. The van der Waals surface area contributed by atoms with Crippen LogP contribution >= 0.6 is 0 Å². The van der Waals surface area contributed by atoms with Crippen LogP contribution in [0.15, 0.2) is 30.3 Å². The van der Waals surface area contributed by atoms with Crippen molar-refractivity contribution in [2.45, 2.75) is 32.3 Å². The molecule has 4 heteroatoms. The number of carbonyl (C=O) groups is 1. The van der Waals surface area contributed by atoms with E-state index in [1.807, 2.05) is 42.2 Å². The van der Waals surface area contributed by atoms with E-state index < -0.39 is 0 Å². The first-order chi connectivity index (χ1) is 9.69. The van der Waals surface area contributed by atoms with Crippen LogP contribution < -0.4 is 10.5 Å². The van der Waals surface area contributed by atoms with E-state index in [4.69, 9.17) is 10.5 Å². The zero-order valence-corrected chi connectivity index (χ0v) is 12.1. The summed E-state index contributed by atoms with van der Waals surface area (Å²) in [5, 5.41) is 0. The average Bonchev–Trinajstić information content (AvgIpc) is 2.49. The lowest BCUT2D eigenvalue weighted by atomic mass is 10.0. The van der Waals surface area contributed by atoms with Gasteiger partial charge in [-0.3, -0.25) is 4.79 Å². The van der Waals surface area contributed by atoms with Gasteiger partial charge in [0.25, 0.3) is 0 Å². The molecule has 20 heavy (non-hydrogen) atoms. The van der Waals surface area contributed by atoms with Crippen molar-refractivity contribution in [2.75, 3.05) is 19.6 Å². The van der Waals surface area contributed by atoms with Crippen molar-refractivity contribution in [2.24, 2.45) is 11.7 Å². The Hall–Kier alpha value is -1.55. The van der Waals surface area contributed by atoms with Gasteiger partial charge in [0.2, 0.25) is 5.91 Å². The van der Waals surface area contributed by atoms with Crippen LogP contribution in [-0.2, 0) is 4.79 Å². The Morgan fingerprint density at radius 2 is 2.00 bits per heavy atom. The van der Waals surface area contributed by atoms with E-state index in [1.54, 1.807) is 0 Å². The van der Waals surface area contributed by atoms with Crippen LogP contribution in [0.2, 0.25) is 0 Å². The van der Waals surface area contributed by atoms with E-state index in [2.05, 4.69) is 0 Å². The van der Waals surface area contributed by atoms with Crippen LogP contribution in [-0.4, -0.2) is 36.5 Å². The molecule has 0 bridgehead atoms. The van der Waals surface area contributed by atoms with Crippen molar-refractivity contribution in [1.82, 2.24) is 4.90 Å². The molecular formula is C16H24N2O2.